The molecule has 0 amide bonds. The zero-order valence-corrected chi connectivity index (χ0v) is 14.6. The number of hydrazone groups is 1. The summed E-state index contributed by atoms with van der Waals surface area (Å²) in [4.78, 5) is 14.0. The van der Waals surface area contributed by atoms with E-state index in [0.717, 1.165) is 11.1 Å². The standard InChI is InChI=1S/C18H20N4O4/c1-4-6-14-9-13(10-16(25-3)18(14)26-5-2)11-20-21-17-8-7-15(12-19-17)22(23)24/h4,7-12H,1,5-6H2,2-3H3,(H,19,21)/b20-11+. The van der Waals surface area contributed by atoms with Gasteiger partial charge in [-0.25, -0.2) is 4.98 Å². The fourth-order valence-corrected chi connectivity index (χ4v) is 2.26. The summed E-state index contributed by atoms with van der Waals surface area (Å²) in [6, 6.07) is 6.58. The van der Waals surface area contributed by atoms with Crippen LogP contribution in [0.1, 0.15) is 18.1 Å². The number of nitrogens with zero attached hydrogens (tertiary/aromatic N) is 3. The Kier molecular flexibility index (Phi) is 6.67. The molecule has 0 bridgehead atoms. The highest BCUT2D eigenvalue weighted by molar-refractivity contribution is 5.82. The van der Waals surface area contributed by atoms with Crippen LogP contribution in [0.3, 0.4) is 0 Å². The van der Waals surface area contributed by atoms with E-state index in [9.17, 15) is 10.1 Å². The first-order valence-electron chi connectivity index (χ1n) is 7.93. The number of benzene rings is 1. The van der Waals surface area contributed by atoms with Crippen molar-refractivity contribution in [2.75, 3.05) is 19.1 Å². The lowest BCUT2D eigenvalue weighted by Crippen LogP contribution is -2.01. The first-order valence-corrected chi connectivity index (χ1v) is 7.93. The van der Waals surface area contributed by atoms with Crippen LogP contribution in [0.2, 0.25) is 0 Å². The maximum absolute atomic E-state index is 10.6. The first-order chi connectivity index (χ1) is 12.6. The molecule has 0 atom stereocenters. The van der Waals surface area contributed by atoms with Crippen molar-refractivity contribution >= 4 is 17.7 Å². The van der Waals surface area contributed by atoms with E-state index in [2.05, 4.69) is 22.1 Å². The molecule has 0 aliphatic rings. The Morgan fingerprint density at radius 2 is 2.23 bits per heavy atom. The number of ether oxygens (including phenoxy) is 2. The van der Waals surface area contributed by atoms with E-state index in [1.165, 1.54) is 18.3 Å². The van der Waals surface area contributed by atoms with E-state index in [0.29, 0.717) is 30.3 Å². The van der Waals surface area contributed by atoms with Crippen LogP contribution in [0.5, 0.6) is 11.5 Å². The third kappa shape index (κ3) is 4.79. The van der Waals surface area contributed by atoms with Gasteiger partial charge in [-0.1, -0.05) is 6.08 Å². The van der Waals surface area contributed by atoms with Gasteiger partial charge in [0.15, 0.2) is 11.5 Å². The normalized spacial score (nSPS) is 10.5. The van der Waals surface area contributed by atoms with Crippen LogP contribution in [-0.2, 0) is 6.42 Å². The number of pyridine rings is 1. The van der Waals surface area contributed by atoms with Crippen LogP contribution in [0.25, 0.3) is 0 Å². The van der Waals surface area contributed by atoms with Gasteiger partial charge in [0.1, 0.15) is 12.0 Å². The molecule has 2 aromatic rings. The highest BCUT2D eigenvalue weighted by Crippen LogP contribution is 2.33. The van der Waals surface area contributed by atoms with Crippen molar-refractivity contribution in [1.82, 2.24) is 4.98 Å². The van der Waals surface area contributed by atoms with E-state index >= 15 is 0 Å². The molecule has 0 aliphatic carbocycles. The van der Waals surface area contributed by atoms with Gasteiger partial charge in [-0.15, -0.1) is 6.58 Å². The molecule has 0 spiro atoms. The zero-order valence-electron chi connectivity index (χ0n) is 14.6. The summed E-state index contributed by atoms with van der Waals surface area (Å²) in [7, 11) is 1.58. The molecule has 8 heteroatoms. The van der Waals surface area contributed by atoms with Gasteiger partial charge in [-0.05, 0) is 37.1 Å². The Morgan fingerprint density at radius 3 is 2.81 bits per heavy atom. The van der Waals surface area contributed by atoms with Crippen molar-refractivity contribution in [2.45, 2.75) is 13.3 Å². The lowest BCUT2D eigenvalue weighted by Gasteiger charge is -2.14. The monoisotopic (exact) mass is 356 g/mol. The Labute approximate surface area is 151 Å². The largest absolute Gasteiger partial charge is 0.493 e. The molecule has 0 radical (unpaired) electrons. The van der Waals surface area contributed by atoms with Gasteiger partial charge >= 0.3 is 0 Å². The van der Waals surface area contributed by atoms with Crippen LogP contribution in [0, 0.1) is 10.1 Å². The maximum Gasteiger partial charge on any atom is 0.287 e. The summed E-state index contributed by atoms with van der Waals surface area (Å²) in [6.45, 7) is 6.20. The summed E-state index contributed by atoms with van der Waals surface area (Å²) >= 11 is 0. The SMILES string of the molecule is C=CCc1cc(/C=N/Nc2ccc([N+](=O)[O-])cn2)cc(OC)c1OCC. The van der Waals surface area contributed by atoms with E-state index < -0.39 is 4.92 Å². The molecule has 1 aromatic carbocycles. The molecule has 1 heterocycles. The van der Waals surface area contributed by atoms with Crippen molar-refractivity contribution in [3.8, 4) is 11.5 Å². The highest BCUT2D eigenvalue weighted by Gasteiger charge is 2.11. The fraction of sp³-hybridized carbons (Fsp3) is 0.222. The van der Waals surface area contributed by atoms with Gasteiger partial charge in [0.2, 0.25) is 0 Å². The molecule has 0 aliphatic heterocycles. The second-order valence-corrected chi connectivity index (χ2v) is 5.17. The molecule has 0 saturated heterocycles. The van der Waals surface area contributed by atoms with Crippen molar-refractivity contribution < 1.29 is 14.4 Å². The number of methoxy groups -OCH3 is 1. The van der Waals surface area contributed by atoms with Crippen molar-refractivity contribution in [2.24, 2.45) is 5.10 Å². The van der Waals surface area contributed by atoms with Crippen LogP contribution < -0.4 is 14.9 Å². The minimum Gasteiger partial charge on any atom is -0.493 e. The minimum absolute atomic E-state index is 0.0788. The predicted molar refractivity (Wildman–Crippen MR) is 100 cm³/mol. The smallest absolute Gasteiger partial charge is 0.287 e. The molecular formula is C18H20N4O4. The Bertz CT molecular complexity index is 804. The average molecular weight is 356 g/mol. The molecule has 0 fully saturated rings. The van der Waals surface area contributed by atoms with Gasteiger partial charge in [0.05, 0.1) is 24.9 Å². The molecule has 26 heavy (non-hydrogen) atoms. The zero-order chi connectivity index (χ0) is 18.9. The lowest BCUT2D eigenvalue weighted by molar-refractivity contribution is -0.385. The number of anilines is 1. The summed E-state index contributed by atoms with van der Waals surface area (Å²) in [5.74, 6) is 1.70. The second kappa shape index (κ2) is 9.16. The molecule has 8 nitrogen and oxygen atoms in total. The number of rotatable bonds is 9. The van der Waals surface area contributed by atoms with E-state index in [-0.39, 0.29) is 5.69 Å². The van der Waals surface area contributed by atoms with Crippen LogP contribution in [0.4, 0.5) is 11.5 Å². The molecule has 0 saturated carbocycles. The summed E-state index contributed by atoms with van der Waals surface area (Å²) in [6.07, 6.45) is 5.19. The van der Waals surface area contributed by atoms with Gasteiger partial charge in [0, 0.05) is 11.6 Å². The number of allylic oxidation sites excluding steroid dienone is 1. The molecule has 136 valence electrons. The maximum atomic E-state index is 10.6. The molecular weight excluding hydrogens is 336 g/mol. The minimum atomic E-state index is -0.507. The Hall–Kier alpha value is -3.42. The lowest BCUT2D eigenvalue weighted by atomic mass is 10.1. The molecule has 0 unspecified atom stereocenters. The summed E-state index contributed by atoms with van der Waals surface area (Å²) in [5, 5.41) is 14.7. The Balaban J connectivity index is 2.19. The van der Waals surface area contributed by atoms with Crippen molar-refractivity contribution in [1.29, 1.82) is 0 Å². The molecule has 1 N–H and O–H groups in total. The Morgan fingerprint density at radius 1 is 1.42 bits per heavy atom. The van der Waals surface area contributed by atoms with Crippen LogP contribution in [-0.4, -0.2) is 29.8 Å². The van der Waals surface area contributed by atoms with Gasteiger partial charge in [-0.3, -0.25) is 15.5 Å². The topological polar surface area (TPSA) is 98.9 Å². The number of nitro groups is 1. The van der Waals surface area contributed by atoms with E-state index in [4.69, 9.17) is 9.47 Å². The molecule has 2 rings (SSSR count). The van der Waals surface area contributed by atoms with E-state index in [1.54, 1.807) is 19.4 Å². The average Bonchev–Trinajstić information content (AvgIpc) is 2.64. The molecule has 1 aromatic heterocycles. The van der Waals surface area contributed by atoms with E-state index in [1.807, 2.05) is 19.1 Å². The number of aromatic nitrogens is 1. The van der Waals surface area contributed by atoms with Gasteiger partial charge < -0.3 is 9.47 Å². The van der Waals surface area contributed by atoms with Crippen molar-refractivity contribution in [3.05, 3.63) is 64.4 Å². The number of hydrogen-bond donors (Lipinski definition) is 1. The summed E-state index contributed by atoms with van der Waals surface area (Å²) < 4.78 is 11.1. The fourth-order valence-electron chi connectivity index (χ4n) is 2.26. The first kappa shape index (κ1) is 18.9. The van der Waals surface area contributed by atoms with Crippen molar-refractivity contribution in [3.63, 3.8) is 0 Å². The van der Waals surface area contributed by atoms with Gasteiger partial charge in [0.25, 0.3) is 5.69 Å². The number of hydrogen-bond acceptors (Lipinski definition) is 7. The quantitative estimate of drug-likeness (QED) is 0.319. The highest BCUT2D eigenvalue weighted by atomic mass is 16.6. The summed E-state index contributed by atoms with van der Waals surface area (Å²) in [5.41, 5.74) is 4.40. The van der Waals surface area contributed by atoms with Crippen LogP contribution >= 0.6 is 0 Å². The van der Waals surface area contributed by atoms with Gasteiger partial charge in [-0.2, -0.15) is 5.10 Å². The number of nitrogens with one attached hydrogen (secondary N) is 1. The second-order valence-electron chi connectivity index (χ2n) is 5.17. The van der Waals surface area contributed by atoms with Crippen LogP contribution in [0.15, 0.2) is 48.2 Å². The third-order valence-electron chi connectivity index (χ3n) is 3.38. The predicted octanol–water partition coefficient (Wildman–Crippen LogP) is 3.57. The third-order valence-corrected chi connectivity index (χ3v) is 3.38.